The third-order valence-corrected chi connectivity index (χ3v) is 12.9. The van der Waals surface area contributed by atoms with Gasteiger partial charge in [0.2, 0.25) is 0 Å². The Hall–Kier alpha value is -7.74. The third-order valence-electron chi connectivity index (χ3n) is 12.9. The summed E-state index contributed by atoms with van der Waals surface area (Å²) in [7, 11) is 0. The lowest BCUT2D eigenvalue weighted by atomic mass is 9.81. The Morgan fingerprint density at radius 1 is 0.306 bits per heavy atom. The molecule has 0 atom stereocenters. The number of hydrogen-bond donors (Lipinski definition) is 0. The van der Waals surface area contributed by atoms with Crippen molar-refractivity contribution >= 4 is 27.8 Å². The summed E-state index contributed by atoms with van der Waals surface area (Å²) in [6.45, 7) is 4.74. The molecule has 1 nitrogen and oxygen atoms in total. The molecule has 11 rings (SSSR count). The van der Waals surface area contributed by atoms with Gasteiger partial charge < -0.3 is 4.90 Å². The SMILES string of the molecule is CC1(C)c2ccccc2-c2ccc(-c3c(-c4ccccc4)cccc3N(c3ccc(-c4cccc(-c5ccccc5)c4)cc3)c3ccc4c(-c5ccccc5)cccc4c3)cc21. The first-order chi connectivity index (χ1) is 30.5. The van der Waals surface area contributed by atoms with Gasteiger partial charge in [0, 0.05) is 22.4 Å². The first-order valence-electron chi connectivity index (χ1n) is 21.6. The average Bonchev–Trinajstić information content (AvgIpc) is 3.57. The Kier molecular flexibility index (Phi) is 9.24. The Morgan fingerprint density at radius 3 is 1.55 bits per heavy atom. The summed E-state index contributed by atoms with van der Waals surface area (Å²) in [5, 5.41) is 2.43. The zero-order valence-corrected chi connectivity index (χ0v) is 35.0. The predicted octanol–water partition coefficient (Wildman–Crippen LogP) is 17.0. The van der Waals surface area contributed by atoms with Crippen molar-refractivity contribution in [2.24, 2.45) is 0 Å². The van der Waals surface area contributed by atoms with Crippen molar-refractivity contribution in [3.63, 3.8) is 0 Å². The van der Waals surface area contributed by atoms with Crippen molar-refractivity contribution in [3.8, 4) is 66.8 Å². The van der Waals surface area contributed by atoms with Crippen molar-refractivity contribution < 1.29 is 0 Å². The molecule has 0 N–H and O–H groups in total. The minimum Gasteiger partial charge on any atom is -0.310 e. The van der Waals surface area contributed by atoms with E-state index in [9.17, 15) is 0 Å². The van der Waals surface area contributed by atoms with Gasteiger partial charge in [0.25, 0.3) is 0 Å². The summed E-state index contributed by atoms with van der Waals surface area (Å²) < 4.78 is 0. The van der Waals surface area contributed by atoms with Crippen LogP contribution in [0.1, 0.15) is 25.0 Å². The van der Waals surface area contributed by atoms with Crippen LogP contribution in [0.3, 0.4) is 0 Å². The largest absolute Gasteiger partial charge is 0.310 e. The van der Waals surface area contributed by atoms with Crippen LogP contribution in [0.4, 0.5) is 17.1 Å². The summed E-state index contributed by atoms with van der Waals surface area (Å²) in [5.41, 5.74) is 20.6. The van der Waals surface area contributed by atoms with Crippen LogP contribution in [0.2, 0.25) is 0 Å². The van der Waals surface area contributed by atoms with E-state index in [0.717, 1.165) is 17.1 Å². The summed E-state index contributed by atoms with van der Waals surface area (Å²) in [6.07, 6.45) is 0. The van der Waals surface area contributed by atoms with Crippen LogP contribution < -0.4 is 4.90 Å². The minimum absolute atomic E-state index is 0.133. The van der Waals surface area contributed by atoms with Gasteiger partial charge in [-0.25, -0.2) is 0 Å². The first-order valence-corrected chi connectivity index (χ1v) is 21.6. The van der Waals surface area contributed by atoms with E-state index >= 15 is 0 Å². The minimum atomic E-state index is -0.133. The Morgan fingerprint density at radius 2 is 0.823 bits per heavy atom. The fraction of sp³-hybridized carbons (Fsp3) is 0.0492. The molecular formula is C61H45N. The molecule has 0 amide bonds. The van der Waals surface area contributed by atoms with Gasteiger partial charge >= 0.3 is 0 Å². The summed E-state index contributed by atoms with van der Waals surface area (Å²) >= 11 is 0. The van der Waals surface area contributed by atoms with E-state index in [2.05, 4.69) is 255 Å². The maximum Gasteiger partial charge on any atom is 0.0546 e. The van der Waals surface area contributed by atoms with Crippen LogP contribution in [0, 0.1) is 0 Å². The summed E-state index contributed by atoms with van der Waals surface area (Å²) in [5.74, 6) is 0. The van der Waals surface area contributed by atoms with Gasteiger partial charge in [0.15, 0.2) is 0 Å². The average molecular weight is 792 g/mol. The maximum absolute atomic E-state index is 2.47. The fourth-order valence-corrected chi connectivity index (χ4v) is 9.77. The van der Waals surface area contributed by atoms with E-state index in [1.165, 1.54) is 88.7 Å². The molecule has 0 saturated carbocycles. The molecule has 0 spiro atoms. The van der Waals surface area contributed by atoms with Gasteiger partial charge in [-0.3, -0.25) is 0 Å². The topological polar surface area (TPSA) is 3.24 Å². The second kappa shape index (κ2) is 15.4. The molecule has 1 heteroatoms. The van der Waals surface area contributed by atoms with E-state index in [4.69, 9.17) is 0 Å². The predicted molar refractivity (Wildman–Crippen MR) is 263 cm³/mol. The summed E-state index contributed by atoms with van der Waals surface area (Å²) in [6, 6.07) is 86.7. The smallest absolute Gasteiger partial charge is 0.0546 e. The van der Waals surface area contributed by atoms with Crippen LogP contribution in [0.15, 0.2) is 237 Å². The Bertz CT molecular complexity index is 3240. The zero-order chi connectivity index (χ0) is 41.6. The standard InChI is InChI=1S/C61H45N/c1-61(2)57-29-13-12-26-55(57)56-37-33-49(41-58(56)61)60-54(45-21-10-5-11-22-45)28-16-30-59(60)62(51-36-38-53-48(40-51)25-15-27-52(53)44-19-8-4-9-20-44)50-34-31-43(32-35-50)47-24-14-23-46(39-47)42-17-6-3-7-18-42/h3-41H,1-2H3. The van der Waals surface area contributed by atoms with E-state index in [1.807, 2.05) is 0 Å². The van der Waals surface area contributed by atoms with Crippen LogP contribution >= 0.6 is 0 Å². The van der Waals surface area contributed by atoms with Crippen molar-refractivity contribution in [1.29, 1.82) is 0 Å². The molecule has 1 aliphatic carbocycles. The van der Waals surface area contributed by atoms with E-state index in [1.54, 1.807) is 0 Å². The van der Waals surface area contributed by atoms with Gasteiger partial charge in [-0.15, -0.1) is 0 Å². The lowest BCUT2D eigenvalue weighted by molar-refractivity contribution is 0.660. The third kappa shape index (κ3) is 6.51. The Balaban J connectivity index is 1.12. The van der Waals surface area contributed by atoms with Crippen LogP contribution in [-0.4, -0.2) is 0 Å². The number of fused-ring (bicyclic) bond motifs is 4. The molecule has 0 bridgehead atoms. The Labute approximate surface area is 364 Å². The quantitative estimate of drug-likeness (QED) is 0.148. The number of rotatable bonds is 8. The number of hydrogen-bond acceptors (Lipinski definition) is 1. The van der Waals surface area contributed by atoms with Gasteiger partial charge in [-0.05, 0) is 126 Å². The number of benzene rings is 10. The molecule has 0 unspecified atom stereocenters. The molecule has 62 heavy (non-hydrogen) atoms. The molecule has 10 aromatic rings. The number of anilines is 3. The molecule has 294 valence electrons. The maximum atomic E-state index is 2.47. The molecule has 0 aromatic heterocycles. The van der Waals surface area contributed by atoms with Gasteiger partial charge in [0.1, 0.15) is 0 Å². The highest BCUT2D eigenvalue weighted by Crippen LogP contribution is 2.52. The van der Waals surface area contributed by atoms with Crippen LogP contribution in [0.5, 0.6) is 0 Å². The van der Waals surface area contributed by atoms with E-state index in [-0.39, 0.29) is 5.41 Å². The van der Waals surface area contributed by atoms with E-state index in [0.29, 0.717) is 0 Å². The summed E-state index contributed by atoms with van der Waals surface area (Å²) in [4.78, 5) is 2.47. The van der Waals surface area contributed by atoms with Crippen molar-refractivity contribution in [1.82, 2.24) is 0 Å². The highest BCUT2D eigenvalue weighted by Gasteiger charge is 2.35. The molecule has 0 fully saturated rings. The van der Waals surface area contributed by atoms with Gasteiger partial charge in [-0.1, -0.05) is 208 Å². The zero-order valence-electron chi connectivity index (χ0n) is 35.0. The molecule has 0 heterocycles. The lowest BCUT2D eigenvalue weighted by Gasteiger charge is -2.30. The molecule has 0 aliphatic heterocycles. The number of nitrogens with zero attached hydrogens (tertiary/aromatic N) is 1. The van der Waals surface area contributed by atoms with Gasteiger partial charge in [0.05, 0.1) is 5.69 Å². The highest BCUT2D eigenvalue weighted by atomic mass is 15.1. The van der Waals surface area contributed by atoms with Gasteiger partial charge in [-0.2, -0.15) is 0 Å². The second-order valence-corrected chi connectivity index (χ2v) is 16.9. The molecule has 0 saturated heterocycles. The van der Waals surface area contributed by atoms with E-state index < -0.39 is 0 Å². The first kappa shape index (κ1) is 37.3. The van der Waals surface area contributed by atoms with Crippen LogP contribution in [0.25, 0.3) is 77.5 Å². The fourth-order valence-electron chi connectivity index (χ4n) is 9.77. The lowest BCUT2D eigenvalue weighted by Crippen LogP contribution is -2.15. The van der Waals surface area contributed by atoms with Crippen LogP contribution in [-0.2, 0) is 5.41 Å². The molecular weight excluding hydrogens is 747 g/mol. The second-order valence-electron chi connectivity index (χ2n) is 16.9. The normalized spacial score (nSPS) is 12.5. The van der Waals surface area contributed by atoms with Crippen molar-refractivity contribution in [2.75, 3.05) is 4.90 Å². The highest BCUT2D eigenvalue weighted by molar-refractivity contribution is 6.02. The molecule has 10 aromatic carbocycles. The van der Waals surface area contributed by atoms with Crippen molar-refractivity contribution in [2.45, 2.75) is 19.3 Å². The monoisotopic (exact) mass is 791 g/mol. The molecule has 1 aliphatic rings. The van der Waals surface area contributed by atoms with Crippen molar-refractivity contribution in [3.05, 3.63) is 248 Å². The molecule has 0 radical (unpaired) electrons.